The standard InChI is InChI=1S/C22H26FN3O3/c1-25(18-6-4-17(23)5-7-18)19-13-22(29-15-19)9-11-26(12-10-22)21(27)16-3-8-20(28-2)24-14-16/h3-8,14,19H,9-13,15H2,1-2H3/t19-/m1/s1. The first kappa shape index (κ1) is 19.6. The molecule has 0 saturated carbocycles. The summed E-state index contributed by atoms with van der Waals surface area (Å²) in [6.07, 6.45) is 4.10. The molecule has 0 N–H and O–H groups in total. The van der Waals surface area contributed by atoms with E-state index in [0.29, 0.717) is 31.1 Å². The van der Waals surface area contributed by atoms with Gasteiger partial charge in [0.1, 0.15) is 5.82 Å². The summed E-state index contributed by atoms with van der Waals surface area (Å²) in [7, 11) is 3.58. The number of amides is 1. The Morgan fingerprint density at radius 3 is 2.59 bits per heavy atom. The van der Waals surface area contributed by atoms with Gasteiger partial charge in [-0.15, -0.1) is 0 Å². The molecular weight excluding hydrogens is 373 g/mol. The number of likely N-dealkylation sites (tertiary alicyclic amines) is 1. The summed E-state index contributed by atoms with van der Waals surface area (Å²) in [4.78, 5) is 20.9. The van der Waals surface area contributed by atoms with E-state index >= 15 is 0 Å². The Balaban J connectivity index is 1.35. The number of carbonyl (C=O) groups excluding carboxylic acids is 1. The maximum absolute atomic E-state index is 13.2. The van der Waals surface area contributed by atoms with Crippen molar-refractivity contribution in [1.29, 1.82) is 0 Å². The van der Waals surface area contributed by atoms with Crippen LogP contribution in [-0.2, 0) is 4.74 Å². The van der Waals surface area contributed by atoms with E-state index in [4.69, 9.17) is 9.47 Å². The number of rotatable bonds is 4. The van der Waals surface area contributed by atoms with Crippen LogP contribution in [0.5, 0.6) is 5.88 Å². The number of hydrogen-bond donors (Lipinski definition) is 0. The molecule has 0 bridgehead atoms. The zero-order valence-corrected chi connectivity index (χ0v) is 16.8. The smallest absolute Gasteiger partial charge is 0.255 e. The number of pyridine rings is 1. The van der Waals surface area contributed by atoms with Crippen molar-refractivity contribution in [2.24, 2.45) is 0 Å². The van der Waals surface area contributed by atoms with Gasteiger partial charge in [-0.1, -0.05) is 0 Å². The highest BCUT2D eigenvalue weighted by molar-refractivity contribution is 5.94. The average molecular weight is 399 g/mol. The van der Waals surface area contributed by atoms with Crippen LogP contribution in [0, 0.1) is 5.82 Å². The first-order valence-corrected chi connectivity index (χ1v) is 9.91. The number of aromatic nitrogens is 1. The molecule has 2 aliphatic heterocycles. The largest absolute Gasteiger partial charge is 0.481 e. The van der Waals surface area contributed by atoms with Crippen LogP contribution in [-0.4, -0.2) is 61.3 Å². The molecule has 2 aliphatic rings. The Morgan fingerprint density at radius 2 is 1.97 bits per heavy atom. The molecule has 2 aromatic rings. The third-order valence-corrected chi connectivity index (χ3v) is 6.13. The third-order valence-electron chi connectivity index (χ3n) is 6.13. The highest BCUT2D eigenvalue weighted by Crippen LogP contribution is 2.38. The molecular formula is C22H26FN3O3. The number of piperidine rings is 1. The van der Waals surface area contributed by atoms with Gasteiger partial charge < -0.3 is 19.3 Å². The van der Waals surface area contributed by atoms with Crippen molar-refractivity contribution in [3.63, 3.8) is 0 Å². The first-order chi connectivity index (χ1) is 14.0. The fraction of sp³-hybridized carbons (Fsp3) is 0.455. The Kier molecular flexibility index (Phi) is 5.41. The van der Waals surface area contributed by atoms with Crippen molar-refractivity contribution in [2.45, 2.75) is 30.9 Å². The van der Waals surface area contributed by atoms with Gasteiger partial charge in [0, 0.05) is 38.1 Å². The van der Waals surface area contributed by atoms with Crippen molar-refractivity contribution in [3.8, 4) is 5.88 Å². The summed E-state index contributed by atoms with van der Waals surface area (Å²) >= 11 is 0. The zero-order valence-electron chi connectivity index (χ0n) is 16.8. The monoisotopic (exact) mass is 399 g/mol. The molecule has 6 nitrogen and oxygen atoms in total. The van der Waals surface area contributed by atoms with Gasteiger partial charge in [-0.3, -0.25) is 4.79 Å². The Bertz CT molecular complexity index is 849. The number of ether oxygens (including phenoxy) is 2. The van der Waals surface area contributed by atoms with Gasteiger partial charge in [-0.2, -0.15) is 0 Å². The Hall–Kier alpha value is -2.67. The number of likely N-dealkylation sites (N-methyl/N-ethyl adjacent to an activating group) is 1. The maximum atomic E-state index is 13.2. The lowest BCUT2D eigenvalue weighted by molar-refractivity contribution is -0.0388. The fourth-order valence-electron chi connectivity index (χ4n) is 4.23. The fourth-order valence-corrected chi connectivity index (χ4v) is 4.23. The lowest BCUT2D eigenvalue weighted by Crippen LogP contribution is -2.47. The topological polar surface area (TPSA) is 54.9 Å². The molecule has 1 spiro atoms. The third kappa shape index (κ3) is 4.05. The van der Waals surface area contributed by atoms with Crippen molar-refractivity contribution in [1.82, 2.24) is 9.88 Å². The van der Waals surface area contributed by atoms with Crippen LogP contribution >= 0.6 is 0 Å². The van der Waals surface area contributed by atoms with E-state index in [-0.39, 0.29) is 23.4 Å². The molecule has 2 fully saturated rings. The van der Waals surface area contributed by atoms with Crippen LogP contribution < -0.4 is 9.64 Å². The van der Waals surface area contributed by atoms with Crippen LogP contribution in [0.2, 0.25) is 0 Å². The molecule has 4 rings (SSSR count). The zero-order chi connectivity index (χ0) is 20.4. The predicted molar refractivity (Wildman–Crippen MR) is 108 cm³/mol. The number of hydrogen-bond acceptors (Lipinski definition) is 5. The van der Waals surface area contributed by atoms with E-state index in [2.05, 4.69) is 9.88 Å². The van der Waals surface area contributed by atoms with E-state index < -0.39 is 0 Å². The van der Waals surface area contributed by atoms with Gasteiger partial charge in [0.15, 0.2) is 0 Å². The second-order valence-corrected chi connectivity index (χ2v) is 7.82. The first-order valence-electron chi connectivity index (χ1n) is 9.91. The summed E-state index contributed by atoms with van der Waals surface area (Å²) in [5.74, 6) is 0.258. The highest BCUT2D eigenvalue weighted by atomic mass is 19.1. The second-order valence-electron chi connectivity index (χ2n) is 7.82. The summed E-state index contributed by atoms with van der Waals surface area (Å²) in [5.41, 5.74) is 1.37. The van der Waals surface area contributed by atoms with Crippen LogP contribution in [0.1, 0.15) is 29.6 Å². The average Bonchev–Trinajstić information content (AvgIpc) is 3.17. The number of anilines is 1. The van der Waals surface area contributed by atoms with Crippen molar-refractivity contribution >= 4 is 11.6 Å². The van der Waals surface area contributed by atoms with E-state index in [0.717, 1.165) is 24.9 Å². The van der Waals surface area contributed by atoms with E-state index in [9.17, 15) is 9.18 Å². The summed E-state index contributed by atoms with van der Waals surface area (Å²) in [6, 6.07) is 10.3. The molecule has 0 radical (unpaired) electrons. The molecule has 7 heteroatoms. The van der Waals surface area contributed by atoms with Gasteiger partial charge in [-0.25, -0.2) is 9.37 Å². The molecule has 0 unspecified atom stereocenters. The number of halogens is 1. The summed E-state index contributed by atoms with van der Waals surface area (Å²) < 4.78 is 24.5. The molecule has 3 heterocycles. The van der Waals surface area contributed by atoms with E-state index in [1.54, 1.807) is 37.6 Å². The van der Waals surface area contributed by atoms with Crippen LogP contribution in [0.3, 0.4) is 0 Å². The molecule has 29 heavy (non-hydrogen) atoms. The number of methoxy groups -OCH3 is 1. The normalized spacial score (nSPS) is 20.7. The molecule has 1 aromatic carbocycles. The molecule has 1 amide bonds. The van der Waals surface area contributed by atoms with Gasteiger partial charge in [0.05, 0.1) is 30.9 Å². The number of carbonyl (C=O) groups is 1. The van der Waals surface area contributed by atoms with E-state index in [1.165, 1.54) is 12.1 Å². The minimum absolute atomic E-state index is 0.00650. The van der Waals surface area contributed by atoms with Crippen molar-refractivity contribution < 1.29 is 18.7 Å². The van der Waals surface area contributed by atoms with Crippen LogP contribution in [0.15, 0.2) is 42.6 Å². The van der Waals surface area contributed by atoms with Crippen LogP contribution in [0.25, 0.3) is 0 Å². The minimum Gasteiger partial charge on any atom is -0.481 e. The van der Waals surface area contributed by atoms with Gasteiger partial charge >= 0.3 is 0 Å². The maximum Gasteiger partial charge on any atom is 0.255 e. The molecule has 1 aromatic heterocycles. The summed E-state index contributed by atoms with van der Waals surface area (Å²) in [5, 5.41) is 0. The molecule has 0 aliphatic carbocycles. The SMILES string of the molecule is COc1ccc(C(=O)N2CCC3(CC2)C[C@@H](N(C)c2ccc(F)cc2)CO3)cn1. The van der Waals surface area contributed by atoms with Gasteiger partial charge in [-0.05, 0) is 49.6 Å². The van der Waals surface area contributed by atoms with Crippen molar-refractivity contribution in [3.05, 3.63) is 54.0 Å². The molecule has 154 valence electrons. The minimum atomic E-state index is -0.231. The lowest BCUT2D eigenvalue weighted by Gasteiger charge is -2.39. The lowest BCUT2D eigenvalue weighted by atomic mass is 9.87. The summed E-state index contributed by atoms with van der Waals surface area (Å²) in [6.45, 7) is 1.97. The quantitative estimate of drug-likeness (QED) is 0.791. The highest BCUT2D eigenvalue weighted by Gasteiger charge is 2.44. The van der Waals surface area contributed by atoms with Crippen molar-refractivity contribution in [2.75, 3.05) is 38.8 Å². The molecule has 1 atom stereocenters. The van der Waals surface area contributed by atoms with Gasteiger partial charge in [0.25, 0.3) is 5.91 Å². The second kappa shape index (κ2) is 7.99. The Labute approximate surface area is 170 Å². The number of nitrogens with zero attached hydrogens (tertiary/aromatic N) is 3. The predicted octanol–water partition coefficient (Wildman–Crippen LogP) is 3.13. The van der Waals surface area contributed by atoms with E-state index in [1.807, 2.05) is 11.9 Å². The number of benzene rings is 1. The Morgan fingerprint density at radius 1 is 1.24 bits per heavy atom. The van der Waals surface area contributed by atoms with Gasteiger partial charge in [0.2, 0.25) is 5.88 Å². The van der Waals surface area contributed by atoms with Crippen LogP contribution in [0.4, 0.5) is 10.1 Å². The molecule has 2 saturated heterocycles.